The van der Waals surface area contributed by atoms with Crippen LogP contribution in [0.1, 0.15) is 18.2 Å². The van der Waals surface area contributed by atoms with E-state index >= 15 is 0 Å². The van der Waals surface area contributed by atoms with E-state index in [2.05, 4.69) is 15.3 Å². The minimum absolute atomic E-state index is 0.155. The second-order valence-electron chi connectivity index (χ2n) is 4.64. The first-order valence-corrected chi connectivity index (χ1v) is 8.14. The van der Waals surface area contributed by atoms with Crippen molar-refractivity contribution in [2.24, 2.45) is 0 Å². The zero-order valence-electron chi connectivity index (χ0n) is 12.3. The summed E-state index contributed by atoms with van der Waals surface area (Å²) in [6.07, 6.45) is 0.672. The summed E-state index contributed by atoms with van der Waals surface area (Å²) in [4.78, 5) is 30.3. The minimum Gasteiger partial charge on any atom is -0.325 e. The molecule has 7 heteroatoms. The summed E-state index contributed by atoms with van der Waals surface area (Å²) in [6.45, 7) is 3.76. The van der Waals surface area contributed by atoms with Crippen LogP contribution >= 0.6 is 23.4 Å². The Balaban J connectivity index is 2.00. The molecule has 1 amide bonds. The number of anilines is 1. The number of benzene rings is 1. The molecular formula is C15H16ClN3O2S. The molecule has 0 unspecified atom stereocenters. The summed E-state index contributed by atoms with van der Waals surface area (Å²) in [5, 5.41) is 3.85. The van der Waals surface area contributed by atoms with Gasteiger partial charge in [-0.1, -0.05) is 36.4 Å². The normalized spacial score (nSPS) is 10.5. The molecule has 2 rings (SSSR count). The van der Waals surface area contributed by atoms with Crippen LogP contribution in [0.3, 0.4) is 0 Å². The Morgan fingerprint density at radius 1 is 1.45 bits per heavy atom. The van der Waals surface area contributed by atoms with E-state index in [1.165, 1.54) is 17.8 Å². The lowest BCUT2D eigenvalue weighted by Gasteiger charge is -2.09. The van der Waals surface area contributed by atoms with Crippen molar-refractivity contribution in [2.75, 3.05) is 11.1 Å². The maximum atomic E-state index is 12.0. The van der Waals surface area contributed by atoms with E-state index in [9.17, 15) is 9.59 Å². The summed E-state index contributed by atoms with van der Waals surface area (Å²) >= 11 is 7.20. The molecule has 0 atom stereocenters. The highest BCUT2D eigenvalue weighted by Crippen LogP contribution is 2.23. The van der Waals surface area contributed by atoms with Gasteiger partial charge in [0.05, 0.1) is 5.75 Å². The number of nitrogens with zero attached hydrogens (tertiary/aromatic N) is 1. The number of nitrogens with one attached hydrogen (secondary N) is 2. The van der Waals surface area contributed by atoms with E-state index in [-0.39, 0.29) is 17.2 Å². The molecule has 1 aromatic heterocycles. The van der Waals surface area contributed by atoms with Crippen molar-refractivity contribution in [1.29, 1.82) is 0 Å². The average molecular weight is 338 g/mol. The van der Waals surface area contributed by atoms with Crippen LogP contribution < -0.4 is 10.9 Å². The number of aryl methyl sites for hydroxylation is 1. The fourth-order valence-electron chi connectivity index (χ4n) is 1.80. The monoisotopic (exact) mass is 337 g/mol. The Morgan fingerprint density at radius 2 is 2.23 bits per heavy atom. The highest BCUT2D eigenvalue weighted by molar-refractivity contribution is 7.99. The summed E-state index contributed by atoms with van der Waals surface area (Å²) < 4.78 is 0. The van der Waals surface area contributed by atoms with Gasteiger partial charge in [0.25, 0.3) is 5.56 Å². The highest BCUT2D eigenvalue weighted by Gasteiger charge is 2.09. The molecule has 0 fully saturated rings. The smallest absolute Gasteiger partial charge is 0.251 e. The van der Waals surface area contributed by atoms with Gasteiger partial charge in [-0.25, -0.2) is 4.98 Å². The number of rotatable bonds is 5. The molecule has 0 aliphatic carbocycles. The molecular weight excluding hydrogens is 322 g/mol. The third-order valence-electron chi connectivity index (χ3n) is 3.02. The van der Waals surface area contributed by atoms with Gasteiger partial charge >= 0.3 is 0 Å². The van der Waals surface area contributed by atoms with Crippen molar-refractivity contribution in [3.05, 3.63) is 50.9 Å². The van der Waals surface area contributed by atoms with Crippen molar-refractivity contribution in [3.8, 4) is 0 Å². The first-order valence-electron chi connectivity index (χ1n) is 6.77. The predicted octanol–water partition coefficient (Wildman–Crippen LogP) is 3.02. The number of H-pyrrole nitrogens is 1. The number of hydrogen-bond acceptors (Lipinski definition) is 4. The lowest BCUT2D eigenvalue weighted by atomic mass is 10.2. The Kier molecular flexibility index (Phi) is 5.63. The van der Waals surface area contributed by atoms with E-state index in [4.69, 9.17) is 11.6 Å². The first kappa shape index (κ1) is 16.6. The molecule has 2 N–H and O–H groups in total. The number of halogens is 1. The Labute approximate surface area is 137 Å². The van der Waals surface area contributed by atoms with Gasteiger partial charge in [-0.3, -0.25) is 9.59 Å². The summed E-state index contributed by atoms with van der Waals surface area (Å²) in [6, 6.07) is 6.80. The van der Waals surface area contributed by atoms with Crippen LogP contribution in [0.4, 0.5) is 5.69 Å². The van der Waals surface area contributed by atoms with Crippen LogP contribution in [-0.2, 0) is 11.2 Å². The summed E-state index contributed by atoms with van der Waals surface area (Å²) in [5.41, 5.74) is 2.00. The van der Waals surface area contributed by atoms with Gasteiger partial charge in [-0.05, 0) is 31.0 Å². The van der Waals surface area contributed by atoms with Gasteiger partial charge in [0.2, 0.25) is 5.91 Å². The molecule has 0 radical (unpaired) electrons. The topological polar surface area (TPSA) is 74.8 Å². The first-order chi connectivity index (χ1) is 10.5. The van der Waals surface area contributed by atoms with Gasteiger partial charge in [0.1, 0.15) is 0 Å². The van der Waals surface area contributed by atoms with Crippen LogP contribution in [0.15, 0.2) is 34.2 Å². The predicted molar refractivity (Wildman–Crippen MR) is 89.8 cm³/mol. The molecule has 1 aromatic carbocycles. The average Bonchev–Trinajstić information content (AvgIpc) is 2.49. The van der Waals surface area contributed by atoms with E-state index < -0.39 is 0 Å². The van der Waals surface area contributed by atoms with Crippen LogP contribution in [0.5, 0.6) is 0 Å². The minimum atomic E-state index is -0.208. The number of hydrogen-bond donors (Lipinski definition) is 2. The van der Waals surface area contributed by atoms with Gasteiger partial charge in [-0.2, -0.15) is 0 Å². The molecule has 0 aliphatic rings. The SMILES string of the molecule is CCc1cc(=O)[nH]c(SCC(=O)Nc2cccc(Cl)c2C)n1. The number of aromatic nitrogens is 2. The molecule has 0 spiro atoms. The van der Waals surface area contributed by atoms with Crippen LogP contribution in [0.2, 0.25) is 5.02 Å². The Hall–Kier alpha value is -1.79. The van der Waals surface area contributed by atoms with E-state index in [0.29, 0.717) is 28.0 Å². The summed E-state index contributed by atoms with van der Waals surface area (Å²) in [7, 11) is 0. The van der Waals surface area contributed by atoms with Crippen molar-refractivity contribution < 1.29 is 4.79 Å². The number of carbonyl (C=O) groups excluding carboxylic acids is 1. The molecule has 1 heterocycles. The summed E-state index contributed by atoms with van der Waals surface area (Å²) in [5.74, 6) is -0.0258. The van der Waals surface area contributed by atoms with Gasteiger partial charge < -0.3 is 10.3 Å². The zero-order chi connectivity index (χ0) is 16.1. The number of amides is 1. The van der Waals surface area contributed by atoms with Gasteiger partial charge in [-0.15, -0.1) is 0 Å². The number of carbonyl (C=O) groups is 1. The van der Waals surface area contributed by atoms with Crippen LogP contribution in [-0.4, -0.2) is 21.6 Å². The van der Waals surface area contributed by atoms with Crippen LogP contribution in [0.25, 0.3) is 0 Å². The van der Waals surface area contributed by atoms with Gasteiger partial charge in [0.15, 0.2) is 5.16 Å². The Morgan fingerprint density at radius 3 is 2.95 bits per heavy atom. The molecule has 116 valence electrons. The van der Waals surface area contributed by atoms with E-state index in [1.807, 2.05) is 13.8 Å². The molecule has 5 nitrogen and oxygen atoms in total. The molecule has 22 heavy (non-hydrogen) atoms. The van der Waals surface area contributed by atoms with Crippen molar-refractivity contribution >= 4 is 35.0 Å². The van der Waals surface area contributed by atoms with Gasteiger partial charge in [0, 0.05) is 22.5 Å². The molecule has 2 aromatic rings. The fourth-order valence-corrected chi connectivity index (χ4v) is 2.67. The number of thioether (sulfide) groups is 1. The molecule has 0 saturated carbocycles. The lowest BCUT2D eigenvalue weighted by molar-refractivity contribution is -0.113. The Bertz CT molecular complexity index is 746. The largest absolute Gasteiger partial charge is 0.325 e. The molecule has 0 bridgehead atoms. The number of aromatic amines is 1. The second kappa shape index (κ2) is 7.47. The fraction of sp³-hybridized carbons (Fsp3) is 0.267. The third kappa shape index (κ3) is 4.35. The third-order valence-corrected chi connectivity index (χ3v) is 4.30. The maximum Gasteiger partial charge on any atom is 0.251 e. The second-order valence-corrected chi connectivity index (χ2v) is 6.02. The van der Waals surface area contributed by atoms with Crippen LogP contribution in [0, 0.1) is 6.92 Å². The quantitative estimate of drug-likeness (QED) is 0.649. The van der Waals surface area contributed by atoms with E-state index in [1.54, 1.807) is 18.2 Å². The highest BCUT2D eigenvalue weighted by atomic mass is 35.5. The molecule has 0 aliphatic heterocycles. The standard InChI is InChI=1S/C15H16ClN3O2S/c1-3-10-7-13(20)19-15(17-10)22-8-14(21)18-12-6-4-5-11(16)9(12)2/h4-7H,3,8H2,1-2H3,(H,18,21)(H,17,19,20). The zero-order valence-corrected chi connectivity index (χ0v) is 13.8. The molecule has 0 saturated heterocycles. The van der Waals surface area contributed by atoms with Crippen molar-refractivity contribution in [3.63, 3.8) is 0 Å². The lowest BCUT2D eigenvalue weighted by Crippen LogP contribution is -2.16. The van der Waals surface area contributed by atoms with Crippen molar-refractivity contribution in [2.45, 2.75) is 25.4 Å². The maximum absolute atomic E-state index is 12.0. The van der Waals surface area contributed by atoms with E-state index in [0.717, 1.165) is 5.56 Å². The van der Waals surface area contributed by atoms with Crippen molar-refractivity contribution in [1.82, 2.24) is 9.97 Å².